The van der Waals surface area contributed by atoms with Gasteiger partial charge >= 0.3 is 0 Å². The van der Waals surface area contributed by atoms with E-state index in [9.17, 15) is 4.39 Å². The zero-order chi connectivity index (χ0) is 14.5. The summed E-state index contributed by atoms with van der Waals surface area (Å²) in [4.78, 5) is 0. The fourth-order valence-corrected chi connectivity index (χ4v) is 2.23. The lowest BCUT2D eigenvalue weighted by Crippen LogP contribution is -2.24. The molecule has 1 unspecified atom stereocenters. The first-order valence-corrected chi connectivity index (χ1v) is 7.40. The summed E-state index contributed by atoms with van der Waals surface area (Å²) in [5.74, 6) is -0.285. The summed E-state index contributed by atoms with van der Waals surface area (Å²) in [6, 6.07) is 5.29. The molecule has 0 bridgehead atoms. The van der Waals surface area contributed by atoms with Crippen molar-refractivity contribution < 1.29 is 4.39 Å². The Morgan fingerprint density at radius 3 is 2.58 bits per heavy atom. The van der Waals surface area contributed by atoms with Gasteiger partial charge in [-0.3, -0.25) is 0 Å². The van der Waals surface area contributed by atoms with E-state index in [0.29, 0.717) is 5.56 Å². The molecule has 0 saturated carbocycles. The summed E-state index contributed by atoms with van der Waals surface area (Å²) >= 11 is 5.88. The van der Waals surface area contributed by atoms with Gasteiger partial charge < -0.3 is 5.32 Å². The van der Waals surface area contributed by atoms with E-state index in [1.165, 1.54) is 0 Å². The van der Waals surface area contributed by atoms with Crippen LogP contribution in [0.4, 0.5) is 4.39 Å². The number of hydrogen-bond acceptors (Lipinski definition) is 1. The van der Waals surface area contributed by atoms with E-state index in [4.69, 9.17) is 11.6 Å². The summed E-state index contributed by atoms with van der Waals surface area (Å²) in [5, 5.41) is 3.63. The van der Waals surface area contributed by atoms with E-state index in [2.05, 4.69) is 33.0 Å². The maximum Gasteiger partial charge on any atom is 0.146 e. The van der Waals surface area contributed by atoms with Gasteiger partial charge in [-0.2, -0.15) is 0 Å². The first kappa shape index (κ1) is 16.5. The molecule has 0 heterocycles. The Hall–Kier alpha value is -0.600. The molecule has 1 rings (SSSR count). The van der Waals surface area contributed by atoms with E-state index >= 15 is 0 Å². The van der Waals surface area contributed by atoms with Crippen molar-refractivity contribution in [2.45, 2.75) is 53.0 Å². The smallest absolute Gasteiger partial charge is 0.146 e. The van der Waals surface area contributed by atoms with Crippen molar-refractivity contribution in [3.63, 3.8) is 0 Å². The fraction of sp³-hybridized carbons (Fsp3) is 0.625. The minimum Gasteiger partial charge on any atom is -0.310 e. The summed E-state index contributed by atoms with van der Waals surface area (Å²) < 4.78 is 14.1. The third-order valence-corrected chi connectivity index (χ3v) is 3.47. The quantitative estimate of drug-likeness (QED) is 0.743. The van der Waals surface area contributed by atoms with Gasteiger partial charge in [0.2, 0.25) is 0 Å². The molecule has 0 fully saturated rings. The van der Waals surface area contributed by atoms with Crippen LogP contribution in [0.5, 0.6) is 0 Å². The van der Waals surface area contributed by atoms with Crippen LogP contribution in [0, 0.1) is 11.2 Å². The van der Waals surface area contributed by atoms with Crippen LogP contribution in [0.15, 0.2) is 18.2 Å². The SMILES string of the molecule is CCCNC(CCC(C)(C)C)c1cccc(Cl)c1F. The van der Waals surface area contributed by atoms with Crippen molar-refractivity contribution in [3.8, 4) is 0 Å². The molecule has 0 aliphatic heterocycles. The summed E-state index contributed by atoms with van der Waals surface area (Å²) in [6.07, 6.45) is 3.00. The average molecular weight is 286 g/mol. The van der Waals surface area contributed by atoms with Gasteiger partial charge in [-0.25, -0.2) is 4.39 Å². The Labute approximate surface area is 121 Å². The van der Waals surface area contributed by atoms with Crippen molar-refractivity contribution in [2.24, 2.45) is 5.41 Å². The molecule has 1 nitrogen and oxygen atoms in total. The summed E-state index contributed by atoms with van der Waals surface area (Å²) in [7, 11) is 0. The third-order valence-electron chi connectivity index (χ3n) is 3.18. The van der Waals surface area contributed by atoms with Gasteiger partial charge in [-0.15, -0.1) is 0 Å². The van der Waals surface area contributed by atoms with Crippen molar-refractivity contribution in [1.29, 1.82) is 0 Å². The van der Waals surface area contributed by atoms with Crippen LogP contribution in [0.25, 0.3) is 0 Å². The zero-order valence-corrected chi connectivity index (χ0v) is 13.1. The first-order chi connectivity index (χ1) is 8.85. The molecule has 0 aliphatic carbocycles. The van der Waals surface area contributed by atoms with Crippen LogP contribution >= 0.6 is 11.6 Å². The van der Waals surface area contributed by atoms with E-state index in [1.807, 2.05) is 12.1 Å². The Morgan fingerprint density at radius 1 is 1.32 bits per heavy atom. The van der Waals surface area contributed by atoms with E-state index < -0.39 is 0 Å². The van der Waals surface area contributed by atoms with Gasteiger partial charge in [-0.05, 0) is 37.3 Å². The molecule has 19 heavy (non-hydrogen) atoms. The lowest BCUT2D eigenvalue weighted by atomic mass is 9.87. The van der Waals surface area contributed by atoms with E-state index in [-0.39, 0.29) is 22.3 Å². The van der Waals surface area contributed by atoms with Crippen molar-refractivity contribution in [3.05, 3.63) is 34.6 Å². The van der Waals surface area contributed by atoms with Gasteiger partial charge in [0.1, 0.15) is 5.82 Å². The first-order valence-electron chi connectivity index (χ1n) is 7.02. The lowest BCUT2D eigenvalue weighted by molar-refractivity contribution is 0.329. The van der Waals surface area contributed by atoms with Gasteiger partial charge in [0.15, 0.2) is 0 Å². The fourth-order valence-electron chi connectivity index (χ4n) is 2.05. The second-order valence-corrected chi connectivity index (χ2v) is 6.66. The average Bonchev–Trinajstić information content (AvgIpc) is 2.32. The minimum absolute atomic E-state index is 0.0397. The molecule has 1 atom stereocenters. The lowest BCUT2D eigenvalue weighted by Gasteiger charge is -2.25. The topological polar surface area (TPSA) is 12.0 Å². The van der Waals surface area contributed by atoms with Crippen LogP contribution in [0.3, 0.4) is 0 Å². The molecule has 1 N–H and O–H groups in total. The molecule has 0 aromatic heterocycles. The Morgan fingerprint density at radius 2 is 2.00 bits per heavy atom. The predicted molar refractivity (Wildman–Crippen MR) is 81.1 cm³/mol. The van der Waals surface area contributed by atoms with Crippen molar-refractivity contribution in [2.75, 3.05) is 6.54 Å². The second-order valence-electron chi connectivity index (χ2n) is 6.25. The molecule has 0 amide bonds. The maximum absolute atomic E-state index is 14.1. The largest absolute Gasteiger partial charge is 0.310 e. The van der Waals surface area contributed by atoms with Crippen LogP contribution in [-0.2, 0) is 0 Å². The Kier molecular flexibility index (Phi) is 6.28. The molecule has 0 spiro atoms. The second kappa shape index (κ2) is 7.25. The van der Waals surface area contributed by atoms with Crippen LogP contribution in [0.2, 0.25) is 5.02 Å². The van der Waals surface area contributed by atoms with Gasteiger partial charge in [0.25, 0.3) is 0 Å². The third kappa shape index (κ3) is 5.50. The number of nitrogens with one attached hydrogen (secondary N) is 1. The highest BCUT2D eigenvalue weighted by molar-refractivity contribution is 6.30. The highest BCUT2D eigenvalue weighted by atomic mass is 35.5. The van der Waals surface area contributed by atoms with E-state index in [1.54, 1.807) is 6.07 Å². The van der Waals surface area contributed by atoms with Gasteiger partial charge in [0, 0.05) is 11.6 Å². The Bertz CT molecular complexity index is 398. The van der Waals surface area contributed by atoms with Crippen LogP contribution < -0.4 is 5.32 Å². The molecule has 0 aliphatic rings. The van der Waals surface area contributed by atoms with Crippen LogP contribution in [-0.4, -0.2) is 6.54 Å². The van der Waals surface area contributed by atoms with Gasteiger partial charge in [-0.1, -0.05) is 51.4 Å². The standard InChI is InChI=1S/C16H25ClFN/c1-5-11-19-14(9-10-16(2,3)4)12-7-6-8-13(17)15(12)18/h6-8,14,19H,5,9-11H2,1-4H3. The highest BCUT2D eigenvalue weighted by Gasteiger charge is 2.20. The molecule has 1 aromatic rings. The van der Waals surface area contributed by atoms with Crippen LogP contribution in [0.1, 0.15) is 58.6 Å². The van der Waals surface area contributed by atoms with Gasteiger partial charge in [0.05, 0.1) is 5.02 Å². The number of hydrogen-bond donors (Lipinski definition) is 1. The molecular formula is C16H25ClFN. The number of halogens is 2. The molecule has 3 heteroatoms. The van der Waals surface area contributed by atoms with E-state index in [0.717, 1.165) is 25.8 Å². The summed E-state index contributed by atoms with van der Waals surface area (Å²) in [6.45, 7) is 9.62. The van der Waals surface area contributed by atoms with Crippen molar-refractivity contribution in [1.82, 2.24) is 5.32 Å². The predicted octanol–water partition coefficient (Wildman–Crippen LogP) is 5.35. The molecule has 0 radical (unpaired) electrons. The highest BCUT2D eigenvalue weighted by Crippen LogP contribution is 2.30. The minimum atomic E-state index is -0.285. The number of benzene rings is 1. The molecule has 108 valence electrons. The normalized spacial score (nSPS) is 13.6. The van der Waals surface area contributed by atoms with Crippen molar-refractivity contribution >= 4 is 11.6 Å². The zero-order valence-electron chi connectivity index (χ0n) is 12.4. The molecule has 0 saturated heterocycles. The molecule has 1 aromatic carbocycles. The maximum atomic E-state index is 14.1. The number of rotatable bonds is 6. The Balaban J connectivity index is 2.86. The summed E-state index contributed by atoms with van der Waals surface area (Å²) in [5.41, 5.74) is 0.937. The monoisotopic (exact) mass is 285 g/mol. The molecular weight excluding hydrogens is 261 g/mol.